The second-order valence-electron chi connectivity index (χ2n) is 5.68. The molecule has 1 fully saturated rings. The van der Waals surface area contributed by atoms with Gasteiger partial charge >= 0.3 is 0 Å². The summed E-state index contributed by atoms with van der Waals surface area (Å²) < 4.78 is 18.9. The Morgan fingerprint density at radius 3 is 2.95 bits per heavy atom. The van der Waals surface area contributed by atoms with Crippen molar-refractivity contribution in [3.05, 3.63) is 35.1 Å². The minimum atomic E-state index is -0.152. The smallest absolute Gasteiger partial charge is 0.123 e. The Morgan fingerprint density at radius 1 is 1.45 bits per heavy atom. The van der Waals surface area contributed by atoms with E-state index in [-0.39, 0.29) is 5.82 Å². The Bertz CT molecular complexity index is 415. The van der Waals surface area contributed by atoms with Crippen molar-refractivity contribution in [3.8, 4) is 0 Å². The van der Waals surface area contributed by atoms with Crippen LogP contribution in [-0.2, 0) is 4.74 Å². The maximum absolute atomic E-state index is 13.2. The number of rotatable bonds is 7. The highest BCUT2D eigenvalue weighted by Gasteiger charge is 2.17. The standard InChI is InChI=1S/C17H26FNO/c1-3-19-17(8-4-6-15-7-5-11-20-15)16-10-9-14(18)12-13(16)2/h9-10,12,15,17,19H,3-8,11H2,1-2H3. The van der Waals surface area contributed by atoms with E-state index in [9.17, 15) is 4.39 Å². The van der Waals surface area contributed by atoms with Crippen molar-refractivity contribution < 1.29 is 9.13 Å². The Kier molecular flexibility index (Phi) is 5.99. The highest BCUT2D eigenvalue weighted by molar-refractivity contribution is 5.29. The molecule has 2 nitrogen and oxygen atoms in total. The quantitative estimate of drug-likeness (QED) is 0.810. The van der Waals surface area contributed by atoms with Gasteiger partial charge < -0.3 is 10.1 Å². The minimum absolute atomic E-state index is 0.152. The number of benzene rings is 1. The topological polar surface area (TPSA) is 21.3 Å². The van der Waals surface area contributed by atoms with Gasteiger partial charge in [0, 0.05) is 12.6 Å². The van der Waals surface area contributed by atoms with Gasteiger partial charge in [-0.15, -0.1) is 0 Å². The Hall–Kier alpha value is -0.930. The summed E-state index contributed by atoms with van der Waals surface area (Å²) in [5.41, 5.74) is 2.26. The largest absolute Gasteiger partial charge is 0.378 e. The van der Waals surface area contributed by atoms with Crippen LogP contribution in [0.25, 0.3) is 0 Å². The van der Waals surface area contributed by atoms with Gasteiger partial charge in [0.2, 0.25) is 0 Å². The highest BCUT2D eigenvalue weighted by atomic mass is 19.1. The van der Waals surface area contributed by atoms with Gasteiger partial charge in [0.25, 0.3) is 0 Å². The van der Waals surface area contributed by atoms with E-state index >= 15 is 0 Å². The summed E-state index contributed by atoms with van der Waals surface area (Å²) in [7, 11) is 0. The summed E-state index contributed by atoms with van der Waals surface area (Å²) in [6, 6.07) is 5.43. The first kappa shape index (κ1) is 15.5. The SMILES string of the molecule is CCNC(CCCC1CCCO1)c1ccc(F)cc1C. The van der Waals surface area contributed by atoms with Crippen LogP contribution in [0.2, 0.25) is 0 Å². The lowest BCUT2D eigenvalue weighted by Crippen LogP contribution is -2.22. The van der Waals surface area contributed by atoms with Crippen molar-refractivity contribution in [3.63, 3.8) is 0 Å². The molecule has 112 valence electrons. The molecular weight excluding hydrogens is 253 g/mol. The van der Waals surface area contributed by atoms with Crippen LogP contribution in [0.15, 0.2) is 18.2 Å². The van der Waals surface area contributed by atoms with Crippen LogP contribution in [-0.4, -0.2) is 19.3 Å². The zero-order valence-corrected chi connectivity index (χ0v) is 12.6. The third-order valence-electron chi connectivity index (χ3n) is 4.10. The fraction of sp³-hybridized carbons (Fsp3) is 0.647. The van der Waals surface area contributed by atoms with Crippen molar-refractivity contribution in [2.75, 3.05) is 13.2 Å². The Morgan fingerprint density at radius 2 is 2.30 bits per heavy atom. The van der Waals surface area contributed by atoms with E-state index < -0.39 is 0 Å². The molecule has 1 saturated heterocycles. The van der Waals surface area contributed by atoms with E-state index in [1.54, 1.807) is 12.1 Å². The van der Waals surface area contributed by atoms with Gasteiger partial charge in [0.1, 0.15) is 5.82 Å². The van der Waals surface area contributed by atoms with Gasteiger partial charge in [0.15, 0.2) is 0 Å². The number of ether oxygens (including phenoxy) is 1. The lowest BCUT2D eigenvalue weighted by atomic mass is 9.95. The molecule has 0 saturated carbocycles. The normalized spacial score (nSPS) is 20.2. The second-order valence-corrected chi connectivity index (χ2v) is 5.68. The number of aryl methyl sites for hydroxylation is 1. The summed E-state index contributed by atoms with van der Waals surface area (Å²) in [6.45, 7) is 5.97. The Balaban J connectivity index is 1.91. The van der Waals surface area contributed by atoms with Crippen LogP contribution in [0.3, 0.4) is 0 Å². The summed E-state index contributed by atoms with van der Waals surface area (Å²) in [6.07, 6.45) is 6.26. The monoisotopic (exact) mass is 279 g/mol. The molecule has 2 atom stereocenters. The molecule has 0 radical (unpaired) electrons. The van der Waals surface area contributed by atoms with E-state index in [1.807, 2.05) is 13.0 Å². The maximum atomic E-state index is 13.2. The fourth-order valence-corrected chi connectivity index (χ4v) is 3.07. The van der Waals surface area contributed by atoms with Crippen molar-refractivity contribution in [2.24, 2.45) is 0 Å². The third-order valence-corrected chi connectivity index (χ3v) is 4.10. The van der Waals surface area contributed by atoms with Crippen molar-refractivity contribution >= 4 is 0 Å². The molecule has 1 aromatic carbocycles. The van der Waals surface area contributed by atoms with E-state index in [4.69, 9.17) is 4.74 Å². The van der Waals surface area contributed by atoms with Crippen LogP contribution in [0.1, 0.15) is 56.2 Å². The van der Waals surface area contributed by atoms with E-state index in [2.05, 4.69) is 12.2 Å². The first-order chi connectivity index (χ1) is 9.70. The van der Waals surface area contributed by atoms with Crippen molar-refractivity contribution in [2.45, 2.75) is 58.1 Å². The summed E-state index contributed by atoms with van der Waals surface area (Å²) in [5.74, 6) is -0.152. The Labute approximate surface area is 121 Å². The summed E-state index contributed by atoms with van der Waals surface area (Å²) >= 11 is 0. The molecule has 1 aromatic rings. The van der Waals surface area contributed by atoms with Crippen molar-refractivity contribution in [1.82, 2.24) is 5.32 Å². The van der Waals surface area contributed by atoms with Crippen LogP contribution in [0.5, 0.6) is 0 Å². The molecule has 1 N–H and O–H groups in total. The molecule has 0 spiro atoms. The molecule has 0 aliphatic carbocycles. The first-order valence-electron chi connectivity index (χ1n) is 7.81. The molecule has 2 unspecified atom stereocenters. The van der Waals surface area contributed by atoms with Crippen LogP contribution in [0.4, 0.5) is 4.39 Å². The lowest BCUT2D eigenvalue weighted by Gasteiger charge is -2.21. The molecule has 3 heteroatoms. The lowest BCUT2D eigenvalue weighted by molar-refractivity contribution is 0.101. The fourth-order valence-electron chi connectivity index (χ4n) is 3.07. The molecule has 1 heterocycles. The summed E-state index contributed by atoms with van der Waals surface area (Å²) in [5, 5.41) is 3.52. The maximum Gasteiger partial charge on any atom is 0.123 e. The van der Waals surface area contributed by atoms with Crippen LogP contribution in [0, 0.1) is 12.7 Å². The van der Waals surface area contributed by atoms with Crippen LogP contribution >= 0.6 is 0 Å². The van der Waals surface area contributed by atoms with E-state index in [1.165, 1.54) is 18.4 Å². The molecule has 0 amide bonds. The first-order valence-corrected chi connectivity index (χ1v) is 7.81. The van der Waals surface area contributed by atoms with Gasteiger partial charge in [-0.25, -0.2) is 4.39 Å². The van der Waals surface area contributed by atoms with Gasteiger partial charge in [-0.1, -0.05) is 13.0 Å². The second kappa shape index (κ2) is 7.75. The van der Waals surface area contributed by atoms with Gasteiger partial charge in [-0.05, 0) is 68.8 Å². The van der Waals surface area contributed by atoms with Gasteiger partial charge in [-0.2, -0.15) is 0 Å². The molecule has 1 aliphatic heterocycles. The van der Waals surface area contributed by atoms with Crippen molar-refractivity contribution in [1.29, 1.82) is 0 Å². The molecule has 1 aliphatic rings. The van der Waals surface area contributed by atoms with Gasteiger partial charge in [0.05, 0.1) is 6.10 Å². The van der Waals surface area contributed by atoms with E-state index in [0.29, 0.717) is 12.1 Å². The highest BCUT2D eigenvalue weighted by Crippen LogP contribution is 2.25. The third kappa shape index (κ3) is 4.29. The minimum Gasteiger partial charge on any atom is -0.378 e. The zero-order valence-electron chi connectivity index (χ0n) is 12.6. The number of nitrogens with one attached hydrogen (secondary N) is 1. The summed E-state index contributed by atoms with van der Waals surface area (Å²) in [4.78, 5) is 0. The predicted molar refractivity (Wildman–Crippen MR) is 80.4 cm³/mol. The molecule has 0 bridgehead atoms. The number of hydrogen-bond acceptors (Lipinski definition) is 2. The van der Waals surface area contributed by atoms with Gasteiger partial charge in [-0.3, -0.25) is 0 Å². The average molecular weight is 279 g/mol. The molecule has 2 rings (SSSR count). The number of hydrogen-bond donors (Lipinski definition) is 1. The predicted octanol–water partition coefficient (Wildman–Crippen LogP) is 4.13. The zero-order chi connectivity index (χ0) is 14.4. The molecular formula is C17H26FNO. The molecule has 0 aromatic heterocycles. The van der Waals surface area contributed by atoms with E-state index in [0.717, 1.165) is 38.0 Å². The number of halogens is 1. The van der Waals surface area contributed by atoms with Crippen LogP contribution < -0.4 is 5.32 Å². The average Bonchev–Trinajstić information content (AvgIpc) is 2.91. The molecule has 20 heavy (non-hydrogen) atoms.